The Morgan fingerprint density at radius 3 is 2.73 bits per heavy atom. The van der Waals surface area contributed by atoms with E-state index in [2.05, 4.69) is 10.3 Å². The molecule has 0 spiro atoms. The fraction of sp³-hybridized carbons (Fsp3) is 0.250. The lowest BCUT2D eigenvalue weighted by molar-refractivity contribution is -0.130. The quantitative estimate of drug-likeness (QED) is 0.770. The predicted molar refractivity (Wildman–Crippen MR) is 97.6 cm³/mol. The molecule has 4 rings (SSSR count). The zero-order valence-corrected chi connectivity index (χ0v) is 14.3. The van der Waals surface area contributed by atoms with Crippen LogP contribution in [0.2, 0.25) is 0 Å². The molecule has 1 aromatic carbocycles. The molecule has 3 heterocycles. The summed E-state index contributed by atoms with van der Waals surface area (Å²) < 4.78 is 7.29. The van der Waals surface area contributed by atoms with Crippen LogP contribution in [0.5, 0.6) is 0 Å². The Labute approximate surface area is 151 Å². The summed E-state index contributed by atoms with van der Waals surface area (Å²) in [5, 5.41) is 7.72. The number of hydrogen-bond acceptors (Lipinski definition) is 4. The lowest BCUT2D eigenvalue weighted by Gasteiger charge is -2.10. The van der Waals surface area contributed by atoms with E-state index < -0.39 is 0 Å². The minimum absolute atomic E-state index is 0.0596. The van der Waals surface area contributed by atoms with Gasteiger partial charge in [0.2, 0.25) is 5.91 Å². The number of nitrogens with one attached hydrogen (secondary N) is 1. The van der Waals surface area contributed by atoms with Crippen molar-refractivity contribution in [1.29, 1.82) is 0 Å². The Morgan fingerprint density at radius 2 is 2.00 bits per heavy atom. The standard InChI is InChI=1S/C20H20N4O2/c25-20(18-7-4-12-26-18)22-13-16-14-24(17-5-2-1-3-6-17)23-19(16)15-8-10-21-11-9-15/h1-3,5-6,8-11,14,18H,4,7,12-13H2,(H,22,25)/t18-/m1/s1. The van der Waals surface area contributed by atoms with Gasteiger partial charge in [0, 0.05) is 42.9 Å². The van der Waals surface area contributed by atoms with Gasteiger partial charge < -0.3 is 10.1 Å². The molecule has 3 aromatic rings. The largest absolute Gasteiger partial charge is 0.368 e. The topological polar surface area (TPSA) is 69.0 Å². The lowest BCUT2D eigenvalue weighted by atomic mass is 10.1. The fourth-order valence-electron chi connectivity index (χ4n) is 3.09. The molecule has 132 valence electrons. The smallest absolute Gasteiger partial charge is 0.249 e. The average molecular weight is 348 g/mol. The van der Waals surface area contributed by atoms with Crippen LogP contribution < -0.4 is 5.32 Å². The van der Waals surface area contributed by atoms with Crippen LogP contribution in [0.15, 0.2) is 61.1 Å². The van der Waals surface area contributed by atoms with Gasteiger partial charge in [-0.05, 0) is 37.1 Å². The summed E-state index contributed by atoms with van der Waals surface area (Å²) in [6.45, 7) is 1.06. The van der Waals surface area contributed by atoms with Gasteiger partial charge in [-0.2, -0.15) is 5.10 Å². The number of carbonyl (C=O) groups is 1. The van der Waals surface area contributed by atoms with E-state index in [-0.39, 0.29) is 12.0 Å². The molecule has 1 saturated heterocycles. The number of benzene rings is 1. The second-order valence-corrected chi connectivity index (χ2v) is 6.24. The van der Waals surface area contributed by atoms with Crippen molar-refractivity contribution in [2.75, 3.05) is 6.61 Å². The van der Waals surface area contributed by atoms with Crippen LogP contribution in [0.4, 0.5) is 0 Å². The second-order valence-electron chi connectivity index (χ2n) is 6.24. The van der Waals surface area contributed by atoms with Gasteiger partial charge in [-0.3, -0.25) is 9.78 Å². The third kappa shape index (κ3) is 3.50. The van der Waals surface area contributed by atoms with Gasteiger partial charge in [0.15, 0.2) is 0 Å². The van der Waals surface area contributed by atoms with Gasteiger partial charge in [0.25, 0.3) is 0 Å². The molecule has 1 aliphatic heterocycles. The van der Waals surface area contributed by atoms with Gasteiger partial charge in [0.1, 0.15) is 6.10 Å². The first-order valence-electron chi connectivity index (χ1n) is 8.75. The van der Waals surface area contributed by atoms with Crippen LogP contribution in [-0.2, 0) is 16.1 Å². The number of carbonyl (C=O) groups excluding carboxylic acids is 1. The molecule has 1 fully saturated rings. The zero-order chi connectivity index (χ0) is 17.8. The van der Waals surface area contributed by atoms with Gasteiger partial charge in [-0.25, -0.2) is 4.68 Å². The number of aromatic nitrogens is 3. The normalized spacial score (nSPS) is 16.5. The maximum absolute atomic E-state index is 12.3. The van der Waals surface area contributed by atoms with E-state index in [0.29, 0.717) is 13.2 Å². The summed E-state index contributed by atoms with van der Waals surface area (Å²) in [4.78, 5) is 16.3. The van der Waals surface area contributed by atoms with E-state index in [1.54, 1.807) is 12.4 Å². The van der Waals surface area contributed by atoms with E-state index in [1.807, 2.05) is 53.3 Å². The van der Waals surface area contributed by atoms with Crippen molar-refractivity contribution in [3.63, 3.8) is 0 Å². The van der Waals surface area contributed by atoms with Crippen molar-refractivity contribution in [3.8, 4) is 16.9 Å². The third-order valence-corrected chi connectivity index (χ3v) is 4.44. The first-order valence-corrected chi connectivity index (χ1v) is 8.75. The molecular weight excluding hydrogens is 328 g/mol. The Balaban J connectivity index is 1.61. The van der Waals surface area contributed by atoms with Crippen LogP contribution in [0.1, 0.15) is 18.4 Å². The predicted octanol–water partition coefficient (Wildman–Crippen LogP) is 2.73. The first-order chi connectivity index (χ1) is 12.8. The van der Waals surface area contributed by atoms with Gasteiger partial charge in [0.05, 0.1) is 11.4 Å². The highest BCUT2D eigenvalue weighted by atomic mass is 16.5. The molecule has 6 nitrogen and oxygen atoms in total. The summed E-state index contributed by atoms with van der Waals surface area (Å²) in [6.07, 6.45) is 6.83. The van der Waals surface area contributed by atoms with E-state index >= 15 is 0 Å². The Kier molecular flexibility index (Phi) is 4.75. The molecule has 1 atom stereocenters. The van der Waals surface area contributed by atoms with Crippen LogP contribution in [-0.4, -0.2) is 33.4 Å². The average Bonchev–Trinajstić information content (AvgIpc) is 3.38. The van der Waals surface area contributed by atoms with Crippen molar-refractivity contribution in [2.45, 2.75) is 25.5 Å². The summed E-state index contributed by atoms with van der Waals surface area (Å²) in [5.74, 6) is -0.0596. The Morgan fingerprint density at radius 1 is 1.19 bits per heavy atom. The highest BCUT2D eigenvalue weighted by molar-refractivity contribution is 5.81. The number of pyridine rings is 1. The van der Waals surface area contributed by atoms with Crippen molar-refractivity contribution in [3.05, 3.63) is 66.6 Å². The minimum Gasteiger partial charge on any atom is -0.368 e. The zero-order valence-electron chi connectivity index (χ0n) is 14.3. The van der Waals surface area contributed by atoms with Crippen molar-refractivity contribution >= 4 is 5.91 Å². The van der Waals surface area contributed by atoms with E-state index in [0.717, 1.165) is 35.3 Å². The van der Waals surface area contributed by atoms with Gasteiger partial charge >= 0.3 is 0 Å². The number of hydrogen-bond donors (Lipinski definition) is 1. The molecular formula is C20H20N4O2. The Bertz CT molecular complexity index is 871. The number of amides is 1. The molecule has 0 saturated carbocycles. The molecule has 2 aromatic heterocycles. The van der Waals surface area contributed by atoms with Crippen LogP contribution >= 0.6 is 0 Å². The minimum atomic E-state index is -0.330. The lowest BCUT2D eigenvalue weighted by Crippen LogP contribution is -2.33. The van der Waals surface area contributed by atoms with E-state index in [4.69, 9.17) is 9.84 Å². The number of rotatable bonds is 5. The molecule has 1 amide bonds. The third-order valence-electron chi connectivity index (χ3n) is 4.44. The van der Waals surface area contributed by atoms with E-state index in [1.165, 1.54) is 0 Å². The van der Waals surface area contributed by atoms with Gasteiger partial charge in [-0.1, -0.05) is 18.2 Å². The maximum Gasteiger partial charge on any atom is 0.249 e. The molecule has 26 heavy (non-hydrogen) atoms. The summed E-state index contributed by atoms with van der Waals surface area (Å²) in [6, 6.07) is 13.8. The highest BCUT2D eigenvalue weighted by Crippen LogP contribution is 2.23. The monoisotopic (exact) mass is 348 g/mol. The number of para-hydroxylation sites is 1. The SMILES string of the molecule is O=C(NCc1cn(-c2ccccc2)nc1-c1ccncc1)[C@H]1CCCO1. The molecule has 0 aliphatic carbocycles. The summed E-state index contributed by atoms with van der Waals surface area (Å²) >= 11 is 0. The molecule has 1 N–H and O–H groups in total. The molecule has 1 aliphatic rings. The molecule has 6 heteroatoms. The maximum atomic E-state index is 12.3. The Hall–Kier alpha value is -2.99. The van der Waals surface area contributed by atoms with Crippen molar-refractivity contribution < 1.29 is 9.53 Å². The molecule has 0 bridgehead atoms. The van der Waals surface area contributed by atoms with Gasteiger partial charge in [-0.15, -0.1) is 0 Å². The van der Waals surface area contributed by atoms with Crippen LogP contribution in [0, 0.1) is 0 Å². The van der Waals surface area contributed by atoms with Crippen molar-refractivity contribution in [1.82, 2.24) is 20.1 Å². The number of nitrogens with zero attached hydrogens (tertiary/aromatic N) is 3. The first kappa shape index (κ1) is 16.5. The second kappa shape index (κ2) is 7.49. The highest BCUT2D eigenvalue weighted by Gasteiger charge is 2.23. The van der Waals surface area contributed by atoms with Crippen molar-refractivity contribution in [2.24, 2.45) is 0 Å². The summed E-state index contributed by atoms with van der Waals surface area (Å²) in [7, 11) is 0. The molecule has 0 unspecified atom stereocenters. The molecule has 0 radical (unpaired) electrons. The van der Waals surface area contributed by atoms with Crippen LogP contribution in [0.25, 0.3) is 16.9 Å². The summed E-state index contributed by atoms with van der Waals surface area (Å²) in [5.41, 5.74) is 3.73. The van der Waals surface area contributed by atoms with E-state index in [9.17, 15) is 4.79 Å². The fourth-order valence-corrected chi connectivity index (χ4v) is 3.09. The number of ether oxygens (including phenoxy) is 1. The van der Waals surface area contributed by atoms with Crippen LogP contribution in [0.3, 0.4) is 0 Å².